The third-order valence-electron chi connectivity index (χ3n) is 5.17. The molecule has 0 bridgehead atoms. The summed E-state index contributed by atoms with van der Waals surface area (Å²) in [5, 5.41) is 17.6. The Labute approximate surface area is 151 Å². The minimum Gasteiger partial charge on any atom is -0.351 e. The van der Waals surface area contributed by atoms with Crippen LogP contribution in [0.1, 0.15) is 31.2 Å². The van der Waals surface area contributed by atoms with E-state index in [4.69, 9.17) is 11.6 Å². The molecule has 2 atom stereocenters. The number of halogens is 2. The van der Waals surface area contributed by atoms with Gasteiger partial charge >= 0.3 is 0 Å². The van der Waals surface area contributed by atoms with Gasteiger partial charge < -0.3 is 10.6 Å². The van der Waals surface area contributed by atoms with Crippen LogP contribution < -0.4 is 10.6 Å². The number of non-ortho nitro benzene ring substituents is 1. The first-order valence-corrected chi connectivity index (χ1v) is 8.32. The van der Waals surface area contributed by atoms with Crippen LogP contribution in [0.15, 0.2) is 18.2 Å². The lowest BCUT2D eigenvalue weighted by molar-refractivity contribution is -0.384. The van der Waals surface area contributed by atoms with Crippen LogP contribution in [0, 0.1) is 21.4 Å². The molecule has 1 aromatic rings. The fourth-order valence-corrected chi connectivity index (χ4v) is 4.04. The molecule has 1 saturated heterocycles. The Hall–Kier alpha value is -1.37. The first-order valence-electron chi connectivity index (χ1n) is 7.95. The van der Waals surface area contributed by atoms with E-state index in [1.807, 2.05) is 0 Å². The zero-order valence-electron chi connectivity index (χ0n) is 13.2. The number of nitrogens with one attached hydrogen (secondary N) is 2. The Morgan fingerprint density at radius 3 is 3.00 bits per heavy atom. The molecular weight excluding hydrogens is 353 g/mol. The molecule has 6 nitrogen and oxygen atoms in total. The Morgan fingerprint density at radius 2 is 2.25 bits per heavy atom. The smallest absolute Gasteiger partial charge is 0.269 e. The predicted molar refractivity (Wildman–Crippen MR) is 94.5 cm³/mol. The van der Waals surface area contributed by atoms with Crippen LogP contribution in [0.2, 0.25) is 5.02 Å². The topological polar surface area (TPSA) is 84.3 Å². The van der Waals surface area contributed by atoms with Gasteiger partial charge in [0, 0.05) is 30.2 Å². The predicted octanol–water partition coefficient (Wildman–Crippen LogP) is 3.07. The van der Waals surface area contributed by atoms with Gasteiger partial charge in [0.2, 0.25) is 5.91 Å². The normalized spacial score (nSPS) is 25.5. The van der Waals surface area contributed by atoms with E-state index in [1.54, 1.807) is 0 Å². The number of hydrogen-bond donors (Lipinski definition) is 2. The van der Waals surface area contributed by atoms with Crippen molar-refractivity contribution in [2.24, 2.45) is 11.3 Å². The average molecular weight is 374 g/mol. The number of nitro benzene ring substituents is 1. The maximum atomic E-state index is 12.8. The lowest BCUT2D eigenvalue weighted by atomic mass is 9.67. The maximum absolute atomic E-state index is 12.8. The van der Waals surface area contributed by atoms with Crippen LogP contribution in [0.25, 0.3) is 0 Å². The molecule has 132 valence electrons. The van der Waals surface area contributed by atoms with E-state index in [0.29, 0.717) is 23.0 Å². The molecule has 1 heterocycles. The SMILES string of the molecule is Cl.O=C(NCc1cc([N+](=O)[O-])ccc1Cl)[C@@]12CCCC[C@H]1CNC2. The van der Waals surface area contributed by atoms with E-state index in [-0.39, 0.29) is 36.0 Å². The monoisotopic (exact) mass is 373 g/mol. The number of nitro groups is 1. The molecule has 8 heteroatoms. The van der Waals surface area contributed by atoms with Crippen LogP contribution in [0.4, 0.5) is 5.69 Å². The standard InChI is InChI=1S/C16H20ClN3O3.ClH/c17-14-5-4-13(20(22)23)7-11(14)8-19-15(21)16-6-2-1-3-12(16)9-18-10-16;/h4-5,7,12,18H,1-3,6,8-10H2,(H,19,21);1H/t12-,16+;/m0./s1. The minimum atomic E-state index is -0.460. The van der Waals surface area contributed by atoms with Crippen molar-refractivity contribution in [3.05, 3.63) is 38.9 Å². The first kappa shape index (κ1) is 19.0. The fourth-order valence-electron chi connectivity index (χ4n) is 3.85. The summed E-state index contributed by atoms with van der Waals surface area (Å²) in [6.07, 6.45) is 4.23. The van der Waals surface area contributed by atoms with Crippen LogP contribution in [0.5, 0.6) is 0 Å². The summed E-state index contributed by atoms with van der Waals surface area (Å²) in [6, 6.07) is 4.29. The highest BCUT2D eigenvalue weighted by molar-refractivity contribution is 6.31. The molecule has 0 aromatic heterocycles. The van der Waals surface area contributed by atoms with Crippen molar-refractivity contribution in [3.8, 4) is 0 Å². The molecular formula is C16H21Cl2N3O3. The van der Waals surface area contributed by atoms with Crippen molar-refractivity contribution in [3.63, 3.8) is 0 Å². The molecule has 24 heavy (non-hydrogen) atoms. The Morgan fingerprint density at radius 1 is 1.46 bits per heavy atom. The largest absolute Gasteiger partial charge is 0.351 e. The van der Waals surface area contributed by atoms with Gasteiger partial charge in [-0.25, -0.2) is 0 Å². The lowest BCUT2D eigenvalue weighted by Gasteiger charge is -2.37. The molecule has 2 aliphatic rings. The van der Waals surface area contributed by atoms with Crippen molar-refractivity contribution >= 4 is 35.6 Å². The summed E-state index contributed by atoms with van der Waals surface area (Å²) >= 11 is 6.09. The number of rotatable bonds is 4. The Balaban J connectivity index is 0.00000208. The minimum absolute atomic E-state index is 0. The molecule has 2 N–H and O–H groups in total. The zero-order valence-corrected chi connectivity index (χ0v) is 14.8. The second-order valence-electron chi connectivity index (χ2n) is 6.45. The molecule has 1 aliphatic heterocycles. The van der Waals surface area contributed by atoms with E-state index < -0.39 is 4.92 Å². The Bertz CT molecular complexity index is 641. The number of nitrogens with zero attached hydrogens (tertiary/aromatic N) is 1. The van der Waals surface area contributed by atoms with E-state index >= 15 is 0 Å². The quantitative estimate of drug-likeness (QED) is 0.627. The van der Waals surface area contributed by atoms with Crippen molar-refractivity contribution in [2.45, 2.75) is 32.2 Å². The van der Waals surface area contributed by atoms with Crippen LogP contribution in [-0.4, -0.2) is 23.9 Å². The van der Waals surface area contributed by atoms with Crippen molar-refractivity contribution in [1.82, 2.24) is 10.6 Å². The maximum Gasteiger partial charge on any atom is 0.269 e. The fraction of sp³-hybridized carbons (Fsp3) is 0.562. The van der Waals surface area contributed by atoms with Crippen LogP contribution in [0.3, 0.4) is 0 Å². The van der Waals surface area contributed by atoms with Crippen molar-refractivity contribution < 1.29 is 9.72 Å². The summed E-state index contributed by atoms with van der Waals surface area (Å²) in [7, 11) is 0. The molecule has 1 aromatic carbocycles. The molecule has 0 radical (unpaired) electrons. The summed E-state index contributed by atoms with van der Waals surface area (Å²) in [5.41, 5.74) is 0.227. The summed E-state index contributed by atoms with van der Waals surface area (Å²) in [5.74, 6) is 0.423. The summed E-state index contributed by atoms with van der Waals surface area (Å²) in [4.78, 5) is 23.2. The summed E-state index contributed by atoms with van der Waals surface area (Å²) < 4.78 is 0. The third kappa shape index (κ3) is 3.50. The zero-order chi connectivity index (χ0) is 16.4. The van der Waals surface area contributed by atoms with E-state index in [2.05, 4.69) is 10.6 Å². The van der Waals surface area contributed by atoms with Gasteiger partial charge in [0.05, 0.1) is 10.3 Å². The van der Waals surface area contributed by atoms with E-state index in [0.717, 1.165) is 25.8 Å². The number of benzene rings is 1. The molecule has 0 spiro atoms. The van der Waals surface area contributed by atoms with E-state index in [1.165, 1.54) is 24.6 Å². The molecule has 2 fully saturated rings. The summed E-state index contributed by atoms with van der Waals surface area (Å²) in [6.45, 7) is 1.82. The second-order valence-corrected chi connectivity index (χ2v) is 6.85. The van der Waals surface area contributed by atoms with Gasteiger partial charge in [0.1, 0.15) is 0 Å². The van der Waals surface area contributed by atoms with Gasteiger partial charge in [0.25, 0.3) is 5.69 Å². The molecule has 0 unspecified atom stereocenters. The highest BCUT2D eigenvalue weighted by atomic mass is 35.5. The molecule has 1 saturated carbocycles. The van der Waals surface area contributed by atoms with Gasteiger partial charge in [-0.15, -0.1) is 12.4 Å². The third-order valence-corrected chi connectivity index (χ3v) is 5.54. The van der Waals surface area contributed by atoms with Gasteiger partial charge in [-0.05, 0) is 36.9 Å². The number of amides is 1. The van der Waals surface area contributed by atoms with Gasteiger partial charge in [0.15, 0.2) is 0 Å². The Kier molecular flexibility index (Phi) is 6.06. The molecule has 1 amide bonds. The highest BCUT2D eigenvalue weighted by Gasteiger charge is 2.49. The lowest BCUT2D eigenvalue weighted by Crippen LogP contribution is -2.47. The number of carbonyl (C=O) groups is 1. The number of carbonyl (C=O) groups excluding carboxylic acids is 1. The van der Waals surface area contributed by atoms with Crippen LogP contribution >= 0.6 is 24.0 Å². The van der Waals surface area contributed by atoms with Crippen molar-refractivity contribution in [1.29, 1.82) is 0 Å². The number of hydrogen-bond acceptors (Lipinski definition) is 4. The van der Waals surface area contributed by atoms with Crippen molar-refractivity contribution in [2.75, 3.05) is 13.1 Å². The van der Waals surface area contributed by atoms with Gasteiger partial charge in [-0.3, -0.25) is 14.9 Å². The van der Waals surface area contributed by atoms with Gasteiger partial charge in [-0.1, -0.05) is 24.4 Å². The highest BCUT2D eigenvalue weighted by Crippen LogP contribution is 2.44. The van der Waals surface area contributed by atoms with Gasteiger partial charge in [-0.2, -0.15) is 0 Å². The van der Waals surface area contributed by atoms with Crippen LogP contribution in [-0.2, 0) is 11.3 Å². The first-order chi connectivity index (χ1) is 11.0. The molecule has 1 aliphatic carbocycles. The average Bonchev–Trinajstić information content (AvgIpc) is 2.98. The number of fused-ring (bicyclic) bond motifs is 1. The van der Waals surface area contributed by atoms with E-state index in [9.17, 15) is 14.9 Å². The molecule has 3 rings (SSSR count). The second kappa shape index (κ2) is 7.68.